The second-order valence-electron chi connectivity index (χ2n) is 8.62. The van der Waals surface area contributed by atoms with Gasteiger partial charge in [0.25, 0.3) is 0 Å². The summed E-state index contributed by atoms with van der Waals surface area (Å²) >= 11 is 0. The molecule has 34 heavy (non-hydrogen) atoms. The lowest BCUT2D eigenvalue weighted by Gasteiger charge is -2.28. The molecule has 0 atom stereocenters. The van der Waals surface area contributed by atoms with Crippen molar-refractivity contribution in [3.8, 4) is 22.6 Å². The predicted molar refractivity (Wildman–Crippen MR) is 125 cm³/mol. The van der Waals surface area contributed by atoms with Gasteiger partial charge in [0.05, 0.1) is 17.0 Å². The van der Waals surface area contributed by atoms with Crippen molar-refractivity contribution in [3.63, 3.8) is 0 Å². The van der Waals surface area contributed by atoms with Crippen LogP contribution in [-0.2, 0) is 25.7 Å². The molecule has 2 aromatic heterocycles. The molecule has 0 saturated carbocycles. The number of hydrogen-bond acceptors (Lipinski definition) is 4. The molecule has 0 spiro atoms. The monoisotopic (exact) mass is 460 g/mol. The van der Waals surface area contributed by atoms with Crippen molar-refractivity contribution < 1.29 is 13.2 Å². The summed E-state index contributed by atoms with van der Waals surface area (Å²) < 4.78 is 38.4. The van der Waals surface area contributed by atoms with E-state index in [1.165, 1.54) is 17.7 Å². The molecule has 7 heteroatoms. The van der Waals surface area contributed by atoms with Crippen LogP contribution in [0.25, 0.3) is 22.6 Å². The molecular formula is C27H23F3N4. The summed E-state index contributed by atoms with van der Waals surface area (Å²) in [6.07, 6.45) is 0.130. The Kier molecular flexibility index (Phi) is 5.87. The Balaban J connectivity index is 1.25. The predicted octanol–water partition coefficient (Wildman–Crippen LogP) is 6.09. The summed E-state index contributed by atoms with van der Waals surface area (Å²) in [6.45, 7) is 4.41. The van der Waals surface area contributed by atoms with Crippen LogP contribution in [0.15, 0.2) is 73.1 Å². The zero-order valence-electron chi connectivity index (χ0n) is 18.7. The Labute approximate surface area is 196 Å². The minimum Gasteiger partial charge on any atom is -0.294 e. The van der Waals surface area contributed by atoms with Crippen LogP contribution in [-0.4, -0.2) is 26.4 Å². The first-order valence-electron chi connectivity index (χ1n) is 11.1. The second-order valence-corrected chi connectivity index (χ2v) is 8.62. The molecule has 4 aromatic rings. The Morgan fingerprint density at radius 3 is 2.26 bits per heavy atom. The van der Waals surface area contributed by atoms with Gasteiger partial charge >= 0.3 is 6.18 Å². The van der Waals surface area contributed by atoms with E-state index in [9.17, 15) is 13.2 Å². The fourth-order valence-electron chi connectivity index (χ4n) is 4.13. The summed E-state index contributed by atoms with van der Waals surface area (Å²) in [5, 5.41) is 0. The Hall–Kier alpha value is -3.58. The highest BCUT2D eigenvalue weighted by Crippen LogP contribution is 2.31. The quantitative estimate of drug-likeness (QED) is 0.370. The molecule has 0 N–H and O–H groups in total. The highest BCUT2D eigenvalue weighted by molar-refractivity contribution is 5.59. The summed E-state index contributed by atoms with van der Waals surface area (Å²) in [4.78, 5) is 16.0. The number of benzene rings is 2. The number of halogens is 3. The van der Waals surface area contributed by atoms with Gasteiger partial charge in [0.15, 0.2) is 5.82 Å². The van der Waals surface area contributed by atoms with Crippen molar-refractivity contribution in [1.29, 1.82) is 0 Å². The van der Waals surface area contributed by atoms with Crippen LogP contribution in [0.2, 0.25) is 0 Å². The van der Waals surface area contributed by atoms with Crippen molar-refractivity contribution in [2.24, 2.45) is 0 Å². The third-order valence-corrected chi connectivity index (χ3v) is 6.06. The number of aryl methyl sites for hydroxylation is 1. The summed E-state index contributed by atoms with van der Waals surface area (Å²) in [7, 11) is 0. The molecule has 0 amide bonds. The van der Waals surface area contributed by atoms with Gasteiger partial charge in [-0.15, -0.1) is 0 Å². The summed E-state index contributed by atoms with van der Waals surface area (Å²) in [5.41, 5.74) is 6.33. The first-order chi connectivity index (χ1) is 16.3. The van der Waals surface area contributed by atoms with E-state index in [2.05, 4.69) is 63.2 Å². The van der Waals surface area contributed by atoms with E-state index in [-0.39, 0.29) is 0 Å². The highest BCUT2D eigenvalue weighted by Gasteiger charge is 2.30. The Morgan fingerprint density at radius 2 is 1.59 bits per heavy atom. The van der Waals surface area contributed by atoms with Gasteiger partial charge in [-0.3, -0.25) is 9.88 Å². The van der Waals surface area contributed by atoms with E-state index in [0.717, 1.165) is 66.3 Å². The molecule has 1 aliphatic rings. The molecule has 0 radical (unpaired) electrons. The smallest absolute Gasteiger partial charge is 0.294 e. The second kappa shape index (κ2) is 8.99. The molecule has 172 valence electrons. The summed E-state index contributed by atoms with van der Waals surface area (Å²) in [6, 6.07) is 17.5. The van der Waals surface area contributed by atoms with Crippen LogP contribution < -0.4 is 0 Å². The molecule has 0 unspecified atom stereocenters. The normalized spacial score (nSPS) is 14.1. The molecule has 2 aromatic carbocycles. The van der Waals surface area contributed by atoms with E-state index in [1.54, 1.807) is 6.20 Å². The molecule has 0 aliphatic carbocycles. The third kappa shape index (κ3) is 4.84. The average molecular weight is 461 g/mol. The van der Waals surface area contributed by atoms with E-state index >= 15 is 0 Å². The van der Waals surface area contributed by atoms with Crippen LogP contribution >= 0.6 is 0 Å². The van der Waals surface area contributed by atoms with E-state index in [0.29, 0.717) is 11.4 Å². The highest BCUT2D eigenvalue weighted by atomic mass is 19.4. The van der Waals surface area contributed by atoms with Crippen LogP contribution in [0.4, 0.5) is 13.2 Å². The maximum Gasteiger partial charge on any atom is 0.416 e. The van der Waals surface area contributed by atoms with Gasteiger partial charge in [-0.05, 0) is 30.7 Å². The lowest BCUT2D eigenvalue weighted by Crippen LogP contribution is -2.31. The van der Waals surface area contributed by atoms with Gasteiger partial charge < -0.3 is 0 Å². The van der Waals surface area contributed by atoms with Gasteiger partial charge in [0, 0.05) is 55.1 Å². The fraction of sp³-hybridized carbons (Fsp3) is 0.222. The van der Waals surface area contributed by atoms with Crippen molar-refractivity contribution >= 4 is 0 Å². The molecule has 3 heterocycles. The molecule has 4 nitrogen and oxygen atoms in total. The zero-order chi connectivity index (χ0) is 23.7. The maximum absolute atomic E-state index is 12.8. The van der Waals surface area contributed by atoms with Gasteiger partial charge in [-0.25, -0.2) is 9.97 Å². The van der Waals surface area contributed by atoms with Gasteiger partial charge in [0.1, 0.15) is 0 Å². The largest absolute Gasteiger partial charge is 0.416 e. The van der Waals surface area contributed by atoms with Crippen LogP contribution in [0.5, 0.6) is 0 Å². The number of fused-ring (bicyclic) bond motifs is 1. The lowest BCUT2D eigenvalue weighted by molar-refractivity contribution is -0.137. The molecule has 5 rings (SSSR count). The van der Waals surface area contributed by atoms with Gasteiger partial charge in [-0.1, -0.05) is 48.0 Å². The van der Waals surface area contributed by atoms with Crippen molar-refractivity contribution in [2.45, 2.75) is 32.6 Å². The Bertz CT molecular complexity index is 1280. The Morgan fingerprint density at radius 1 is 0.853 bits per heavy atom. The van der Waals surface area contributed by atoms with E-state index < -0.39 is 11.7 Å². The molecule has 0 fully saturated rings. The number of pyridine rings is 1. The molecule has 0 bridgehead atoms. The average Bonchev–Trinajstić information content (AvgIpc) is 2.84. The van der Waals surface area contributed by atoms with Crippen molar-refractivity contribution in [3.05, 3.63) is 101 Å². The third-order valence-electron chi connectivity index (χ3n) is 6.06. The number of nitrogens with zero attached hydrogens (tertiary/aromatic N) is 4. The molecular weight excluding hydrogens is 437 g/mol. The van der Waals surface area contributed by atoms with Crippen LogP contribution in [0, 0.1) is 6.92 Å². The number of aromatic nitrogens is 3. The SMILES string of the molecule is Cc1ccc(-c2ccc(CN3CCc4nc(-c5ccc(C(F)(F)F)cc5)ncc4C3)cn2)cc1. The molecule has 1 aliphatic heterocycles. The minimum absolute atomic E-state index is 0.455. The molecule has 0 saturated heterocycles. The number of alkyl halides is 3. The zero-order valence-corrected chi connectivity index (χ0v) is 18.7. The summed E-state index contributed by atoms with van der Waals surface area (Å²) in [5.74, 6) is 0.455. The van der Waals surface area contributed by atoms with Crippen LogP contribution in [0.1, 0.15) is 27.9 Å². The topological polar surface area (TPSA) is 41.9 Å². The standard InChI is InChI=1S/C27H23F3N4/c1-18-2-5-20(6-3-18)24-11-4-19(14-31-24)16-34-13-12-25-22(17-34)15-32-26(33-25)21-7-9-23(10-8-21)27(28,29)30/h2-11,14-15H,12-13,16-17H2,1H3. The lowest BCUT2D eigenvalue weighted by atomic mass is 10.1. The maximum atomic E-state index is 12.8. The first kappa shape index (κ1) is 22.2. The fourth-order valence-corrected chi connectivity index (χ4v) is 4.13. The van der Waals surface area contributed by atoms with Gasteiger partial charge in [-0.2, -0.15) is 13.2 Å². The number of rotatable bonds is 4. The van der Waals surface area contributed by atoms with Crippen molar-refractivity contribution in [1.82, 2.24) is 19.9 Å². The number of hydrogen-bond donors (Lipinski definition) is 0. The van der Waals surface area contributed by atoms with E-state index in [1.807, 2.05) is 6.20 Å². The van der Waals surface area contributed by atoms with Crippen LogP contribution in [0.3, 0.4) is 0 Å². The van der Waals surface area contributed by atoms with E-state index in [4.69, 9.17) is 0 Å². The van der Waals surface area contributed by atoms with Crippen molar-refractivity contribution in [2.75, 3.05) is 6.54 Å². The van der Waals surface area contributed by atoms with Gasteiger partial charge in [0.2, 0.25) is 0 Å². The minimum atomic E-state index is -4.35. The first-order valence-corrected chi connectivity index (χ1v) is 11.1.